The summed E-state index contributed by atoms with van der Waals surface area (Å²) in [5.74, 6) is 2.16. The van der Waals surface area contributed by atoms with Gasteiger partial charge in [0, 0.05) is 22.7 Å². The fraction of sp³-hybridized carbons (Fsp3) is 0.409. The first-order valence-electron chi connectivity index (χ1n) is 10.6. The summed E-state index contributed by atoms with van der Waals surface area (Å²) in [6, 6.07) is 1.80. The molecule has 2 aliphatic heterocycles. The number of fused-ring (bicyclic) bond motifs is 2. The quantitative estimate of drug-likeness (QED) is 0.640. The molecule has 0 aliphatic carbocycles. The van der Waals surface area contributed by atoms with Crippen LogP contribution in [0.5, 0.6) is 5.75 Å². The molecular formula is C22H25ClN8O. The molecule has 2 aromatic heterocycles. The molecule has 0 spiro atoms. The van der Waals surface area contributed by atoms with Gasteiger partial charge in [0.25, 0.3) is 0 Å². The third-order valence-corrected chi connectivity index (χ3v) is 6.52. The van der Waals surface area contributed by atoms with Crippen molar-refractivity contribution in [2.45, 2.75) is 33.4 Å². The van der Waals surface area contributed by atoms with Crippen molar-refractivity contribution in [2.75, 3.05) is 32.0 Å². The molecule has 0 radical (unpaired) electrons. The van der Waals surface area contributed by atoms with Crippen molar-refractivity contribution in [3.05, 3.63) is 39.8 Å². The Bertz CT molecular complexity index is 1260. The van der Waals surface area contributed by atoms with Crippen LogP contribution in [0.1, 0.15) is 35.3 Å². The predicted molar refractivity (Wildman–Crippen MR) is 126 cm³/mol. The molecule has 1 unspecified atom stereocenters. The molecule has 2 aliphatic rings. The van der Waals surface area contributed by atoms with E-state index in [-0.39, 0.29) is 6.04 Å². The zero-order valence-electron chi connectivity index (χ0n) is 18.3. The zero-order valence-corrected chi connectivity index (χ0v) is 19.1. The number of nitrogens with zero attached hydrogens (tertiary/aromatic N) is 7. The van der Waals surface area contributed by atoms with Gasteiger partial charge in [-0.15, -0.1) is 0 Å². The van der Waals surface area contributed by atoms with E-state index in [4.69, 9.17) is 27.2 Å². The number of ether oxygens (including phenoxy) is 1. The minimum absolute atomic E-state index is 0.174. The van der Waals surface area contributed by atoms with E-state index in [1.807, 2.05) is 30.8 Å². The first-order valence-corrected chi connectivity index (χ1v) is 11.0. The Morgan fingerprint density at radius 3 is 2.84 bits per heavy atom. The Morgan fingerprint density at radius 2 is 2.06 bits per heavy atom. The van der Waals surface area contributed by atoms with E-state index in [2.05, 4.69) is 31.8 Å². The van der Waals surface area contributed by atoms with E-state index >= 15 is 0 Å². The summed E-state index contributed by atoms with van der Waals surface area (Å²) < 4.78 is 8.19. The molecule has 0 saturated carbocycles. The number of hydrogen-bond acceptors (Lipinski definition) is 8. The summed E-state index contributed by atoms with van der Waals surface area (Å²) in [5, 5.41) is 6.19. The maximum absolute atomic E-state index is 6.71. The van der Waals surface area contributed by atoms with Crippen LogP contribution in [-0.2, 0) is 6.54 Å². The smallest absolute Gasteiger partial charge is 0.164 e. The van der Waals surface area contributed by atoms with Gasteiger partial charge in [0.05, 0.1) is 43.0 Å². The summed E-state index contributed by atoms with van der Waals surface area (Å²) >= 11 is 6.71. The Morgan fingerprint density at radius 1 is 1.22 bits per heavy atom. The van der Waals surface area contributed by atoms with Crippen molar-refractivity contribution >= 4 is 40.5 Å². The van der Waals surface area contributed by atoms with Crippen molar-refractivity contribution in [1.82, 2.24) is 24.6 Å². The van der Waals surface area contributed by atoms with Gasteiger partial charge in [-0.3, -0.25) is 9.98 Å². The third kappa shape index (κ3) is 3.37. The average Bonchev–Trinajstić information content (AvgIpc) is 2.99. The van der Waals surface area contributed by atoms with E-state index in [0.29, 0.717) is 36.2 Å². The van der Waals surface area contributed by atoms with Crippen LogP contribution in [0.2, 0.25) is 5.02 Å². The van der Waals surface area contributed by atoms with Crippen LogP contribution >= 0.6 is 11.6 Å². The molecule has 166 valence electrons. The van der Waals surface area contributed by atoms with E-state index in [0.717, 1.165) is 52.4 Å². The lowest BCUT2D eigenvalue weighted by Crippen LogP contribution is -2.35. The molecule has 5 rings (SSSR count). The maximum atomic E-state index is 6.71. The second-order valence-electron chi connectivity index (χ2n) is 8.09. The van der Waals surface area contributed by atoms with Gasteiger partial charge in [0.1, 0.15) is 30.3 Å². The van der Waals surface area contributed by atoms with Gasteiger partial charge in [0.2, 0.25) is 0 Å². The number of hydrogen-bond donors (Lipinski definition) is 1. The van der Waals surface area contributed by atoms with Gasteiger partial charge in [0.15, 0.2) is 5.65 Å². The summed E-state index contributed by atoms with van der Waals surface area (Å²) in [5.41, 5.74) is 10.6. The van der Waals surface area contributed by atoms with Crippen molar-refractivity contribution in [1.29, 1.82) is 0 Å². The fourth-order valence-electron chi connectivity index (χ4n) is 4.36. The van der Waals surface area contributed by atoms with Crippen LogP contribution in [0.3, 0.4) is 0 Å². The molecule has 4 heterocycles. The Balaban J connectivity index is 1.61. The van der Waals surface area contributed by atoms with E-state index in [1.54, 1.807) is 0 Å². The second-order valence-corrected chi connectivity index (χ2v) is 8.50. The second kappa shape index (κ2) is 8.05. The highest BCUT2D eigenvalue weighted by Crippen LogP contribution is 2.40. The largest absolute Gasteiger partial charge is 0.491 e. The molecule has 0 amide bonds. The lowest BCUT2D eigenvalue weighted by molar-refractivity contribution is 0.286. The zero-order chi connectivity index (χ0) is 22.4. The number of aliphatic imine (C=N–C) groups is 2. The molecule has 0 fully saturated rings. The van der Waals surface area contributed by atoms with E-state index < -0.39 is 0 Å². The van der Waals surface area contributed by atoms with Crippen LogP contribution in [0.4, 0.5) is 5.82 Å². The number of aromatic nitrogens is 4. The number of rotatable bonds is 2. The lowest BCUT2D eigenvalue weighted by atomic mass is 9.98. The van der Waals surface area contributed by atoms with Gasteiger partial charge in [-0.2, -0.15) is 5.10 Å². The minimum Gasteiger partial charge on any atom is -0.491 e. The average molecular weight is 453 g/mol. The molecule has 10 heteroatoms. The number of halogens is 1. The number of anilines is 1. The highest BCUT2D eigenvalue weighted by molar-refractivity contribution is 6.31. The van der Waals surface area contributed by atoms with E-state index in [9.17, 15) is 0 Å². The van der Waals surface area contributed by atoms with E-state index in [1.165, 1.54) is 6.33 Å². The topological polar surface area (TPSA) is 107 Å². The standard InChI is InChI=1S/C22H25ClN8O/c1-12-16-10-30(18-9-25-4-5-26-18)6-7-32-20(16)15(8-17(12)23)14(3)31-22-19(13(2)29-31)21(24)27-11-28-22/h8-9,11,14H,4-7,10H2,1-3H3,(H2,24,27,28). The maximum Gasteiger partial charge on any atom is 0.164 e. The van der Waals surface area contributed by atoms with Crippen LogP contribution in [0.15, 0.2) is 22.4 Å². The summed E-state index contributed by atoms with van der Waals surface area (Å²) in [4.78, 5) is 19.8. The normalized spacial score (nSPS) is 17.0. The molecule has 0 bridgehead atoms. The molecule has 3 aromatic rings. The number of amidine groups is 1. The summed E-state index contributed by atoms with van der Waals surface area (Å²) in [7, 11) is 0. The van der Waals surface area contributed by atoms with Gasteiger partial charge in [-0.1, -0.05) is 11.6 Å². The predicted octanol–water partition coefficient (Wildman–Crippen LogP) is 2.97. The highest BCUT2D eigenvalue weighted by Gasteiger charge is 2.28. The van der Waals surface area contributed by atoms with Crippen LogP contribution in [0, 0.1) is 13.8 Å². The number of aryl methyl sites for hydroxylation is 1. The van der Waals surface area contributed by atoms with Gasteiger partial charge in [-0.25, -0.2) is 14.6 Å². The molecular weight excluding hydrogens is 428 g/mol. The highest BCUT2D eigenvalue weighted by atomic mass is 35.5. The molecule has 1 atom stereocenters. The fourth-order valence-corrected chi connectivity index (χ4v) is 4.59. The summed E-state index contributed by atoms with van der Waals surface area (Å²) in [6.45, 7) is 9.36. The molecule has 0 saturated heterocycles. The first kappa shape index (κ1) is 20.7. The third-order valence-electron chi connectivity index (χ3n) is 6.13. The van der Waals surface area contributed by atoms with Crippen molar-refractivity contribution in [3.8, 4) is 5.75 Å². The van der Waals surface area contributed by atoms with Gasteiger partial charge >= 0.3 is 0 Å². The lowest BCUT2D eigenvalue weighted by Gasteiger charge is -2.24. The van der Waals surface area contributed by atoms with Gasteiger partial charge < -0.3 is 15.4 Å². The van der Waals surface area contributed by atoms with Crippen LogP contribution in [-0.4, -0.2) is 62.9 Å². The van der Waals surface area contributed by atoms with Crippen molar-refractivity contribution < 1.29 is 4.74 Å². The first-order chi connectivity index (χ1) is 15.5. The number of nitrogens with two attached hydrogens (primary N) is 1. The molecule has 9 nitrogen and oxygen atoms in total. The Labute approximate surface area is 191 Å². The van der Waals surface area contributed by atoms with Crippen molar-refractivity contribution in [2.24, 2.45) is 9.98 Å². The van der Waals surface area contributed by atoms with Crippen molar-refractivity contribution in [3.63, 3.8) is 0 Å². The number of nitrogen functional groups attached to an aromatic ring is 1. The SMILES string of the molecule is Cc1c(Cl)cc(C(C)n2nc(C)c3c(N)ncnc32)c2c1CN(C1=NCCN=C1)CCO2. The minimum atomic E-state index is -0.174. The van der Waals surface area contributed by atoms with Crippen LogP contribution < -0.4 is 10.5 Å². The Hall–Kier alpha value is -3.20. The summed E-state index contributed by atoms with van der Waals surface area (Å²) in [6.07, 6.45) is 3.31. The number of benzene rings is 1. The monoisotopic (exact) mass is 452 g/mol. The molecule has 1 aromatic carbocycles. The van der Waals surface area contributed by atoms with Crippen LogP contribution in [0.25, 0.3) is 11.0 Å². The molecule has 32 heavy (non-hydrogen) atoms. The van der Waals surface area contributed by atoms with Gasteiger partial charge in [-0.05, 0) is 32.4 Å². The Kier molecular flexibility index (Phi) is 5.21. The molecule has 2 N–H and O–H groups in total.